The molecule has 1 aliphatic heterocycles. The van der Waals surface area contributed by atoms with Gasteiger partial charge in [0.25, 0.3) is 5.91 Å². The topological polar surface area (TPSA) is 41.4 Å². The fraction of sp³-hybridized carbons (Fsp3) is 0.385. The molecule has 31 heavy (non-hydrogen) atoms. The molecular weight excluding hydrogens is 384 g/mol. The summed E-state index contributed by atoms with van der Waals surface area (Å²) in [6.45, 7) is 11.8. The Morgan fingerprint density at radius 3 is 2.16 bits per heavy atom. The molecule has 3 aromatic rings. The first-order chi connectivity index (χ1) is 14.8. The number of amides is 1. The molecule has 2 aromatic carbocycles. The van der Waals surface area contributed by atoms with Gasteiger partial charge >= 0.3 is 0 Å². The number of aromatic nitrogens is 2. The van der Waals surface area contributed by atoms with E-state index in [1.54, 1.807) is 0 Å². The third-order valence-electron chi connectivity index (χ3n) is 6.46. The lowest BCUT2D eigenvalue weighted by molar-refractivity contribution is 0.0576. The first-order valence-corrected chi connectivity index (χ1v) is 11.1. The predicted molar refractivity (Wildman–Crippen MR) is 125 cm³/mol. The number of piperazine rings is 1. The van der Waals surface area contributed by atoms with Crippen molar-refractivity contribution in [2.24, 2.45) is 7.05 Å². The van der Waals surface area contributed by atoms with E-state index in [4.69, 9.17) is 0 Å². The number of hydrogen-bond donors (Lipinski definition) is 0. The Bertz CT molecular complexity index is 1060. The standard InChI is InChI=1S/C26H32N4O/c1-18-15-19(2)25(20(3)16-18)24-17-23(27-28(24)5)26(31)30-13-11-29(12-14-30)21(4)22-9-7-6-8-10-22/h6-10,15-17,21H,11-14H2,1-5H3. The van der Waals surface area contributed by atoms with E-state index in [0.717, 1.165) is 31.9 Å². The summed E-state index contributed by atoms with van der Waals surface area (Å²) in [7, 11) is 1.92. The molecule has 1 fully saturated rings. The van der Waals surface area contributed by atoms with E-state index in [1.165, 1.54) is 27.8 Å². The summed E-state index contributed by atoms with van der Waals surface area (Å²) >= 11 is 0. The van der Waals surface area contributed by atoms with Gasteiger partial charge in [-0.15, -0.1) is 0 Å². The zero-order valence-corrected chi connectivity index (χ0v) is 19.2. The van der Waals surface area contributed by atoms with Crippen molar-refractivity contribution in [2.45, 2.75) is 33.7 Å². The number of nitrogens with zero attached hydrogens (tertiary/aromatic N) is 4. The Labute approximate surface area is 185 Å². The molecule has 0 aliphatic carbocycles. The lowest BCUT2D eigenvalue weighted by Crippen LogP contribution is -2.49. The Morgan fingerprint density at radius 2 is 1.55 bits per heavy atom. The largest absolute Gasteiger partial charge is 0.335 e. The highest BCUT2D eigenvalue weighted by molar-refractivity contribution is 5.93. The molecule has 5 heteroatoms. The van der Waals surface area contributed by atoms with Crippen molar-refractivity contribution in [1.29, 1.82) is 0 Å². The summed E-state index contributed by atoms with van der Waals surface area (Å²) < 4.78 is 1.84. The van der Waals surface area contributed by atoms with E-state index >= 15 is 0 Å². The van der Waals surface area contributed by atoms with E-state index in [9.17, 15) is 4.79 Å². The smallest absolute Gasteiger partial charge is 0.274 e. The molecule has 1 aliphatic rings. The van der Waals surface area contributed by atoms with Crippen LogP contribution in [0.15, 0.2) is 48.5 Å². The third-order valence-corrected chi connectivity index (χ3v) is 6.46. The number of carbonyl (C=O) groups is 1. The van der Waals surface area contributed by atoms with Crippen LogP contribution in [0.1, 0.15) is 45.7 Å². The third kappa shape index (κ3) is 4.28. The summed E-state index contributed by atoms with van der Waals surface area (Å²) in [6.07, 6.45) is 0. The lowest BCUT2D eigenvalue weighted by Gasteiger charge is -2.38. The molecule has 1 amide bonds. The van der Waals surface area contributed by atoms with Crippen molar-refractivity contribution in [2.75, 3.05) is 26.2 Å². The van der Waals surface area contributed by atoms with Gasteiger partial charge in [-0.2, -0.15) is 5.10 Å². The van der Waals surface area contributed by atoms with Gasteiger partial charge < -0.3 is 4.90 Å². The van der Waals surface area contributed by atoms with Crippen LogP contribution in [-0.4, -0.2) is 51.7 Å². The van der Waals surface area contributed by atoms with Crippen molar-refractivity contribution < 1.29 is 4.79 Å². The van der Waals surface area contributed by atoms with E-state index in [0.29, 0.717) is 11.7 Å². The fourth-order valence-corrected chi connectivity index (χ4v) is 4.81. The highest BCUT2D eigenvalue weighted by Gasteiger charge is 2.27. The SMILES string of the molecule is Cc1cc(C)c(-c2cc(C(=O)N3CCN(C(C)c4ccccc4)CC3)nn2C)c(C)c1. The Hall–Kier alpha value is -2.92. The highest BCUT2D eigenvalue weighted by atomic mass is 16.2. The maximum Gasteiger partial charge on any atom is 0.274 e. The van der Waals surface area contributed by atoms with Crippen molar-refractivity contribution in [1.82, 2.24) is 19.6 Å². The molecule has 0 saturated carbocycles. The maximum atomic E-state index is 13.2. The van der Waals surface area contributed by atoms with Gasteiger partial charge in [0.2, 0.25) is 0 Å². The zero-order chi connectivity index (χ0) is 22.1. The minimum atomic E-state index is 0.0243. The molecular formula is C26H32N4O. The molecule has 0 radical (unpaired) electrons. The first-order valence-electron chi connectivity index (χ1n) is 11.1. The average Bonchev–Trinajstić information content (AvgIpc) is 3.14. The van der Waals surface area contributed by atoms with Gasteiger partial charge in [-0.3, -0.25) is 14.4 Å². The van der Waals surface area contributed by atoms with Crippen LogP contribution in [0.3, 0.4) is 0 Å². The molecule has 0 bridgehead atoms. The van der Waals surface area contributed by atoms with Crippen molar-refractivity contribution in [3.8, 4) is 11.3 Å². The molecule has 1 saturated heterocycles. The van der Waals surface area contributed by atoms with E-state index in [1.807, 2.05) is 28.8 Å². The van der Waals surface area contributed by atoms with Crippen molar-refractivity contribution in [3.05, 3.63) is 76.5 Å². The van der Waals surface area contributed by atoms with Crippen LogP contribution >= 0.6 is 0 Å². The molecule has 5 nitrogen and oxygen atoms in total. The molecule has 2 heterocycles. The van der Waals surface area contributed by atoms with Crippen molar-refractivity contribution >= 4 is 5.91 Å². The van der Waals surface area contributed by atoms with Gasteiger partial charge in [-0.25, -0.2) is 0 Å². The van der Waals surface area contributed by atoms with Crippen LogP contribution in [0.2, 0.25) is 0 Å². The molecule has 0 N–H and O–H groups in total. The van der Waals surface area contributed by atoms with Gasteiger partial charge in [0.05, 0.1) is 5.69 Å². The molecule has 1 atom stereocenters. The van der Waals surface area contributed by atoms with Gasteiger partial charge in [0, 0.05) is 44.8 Å². The fourth-order valence-electron chi connectivity index (χ4n) is 4.81. The number of aryl methyl sites for hydroxylation is 4. The van der Waals surface area contributed by atoms with Gasteiger partial charge in [0.1, 0.15) is 0 Å². The molecule has 0 spiro atoms. The van der Waals surface area contributed by atoms with Gasteiger partial charge in [-0.05, 0) is 50.5 Å². The molecule has 4 rings (SSSR count). The Kier molecular flexibility index (Phi) is 5.96. The molecule has 1 unspecified atom stereocenters. The predicted octanol–water partition coefficient (Wildman–Crippen LogP) is 4.53. The van der Waals surface area contributed by atoms with Crippen LogP contribution in [0.4, 0.5) is 0 Å². The molecule has 1 aromatic heterocycles. The van der Waals surface area contributed by atoms with Crippen molar-refractivity contribution in [3.63, 3.8) is 0 Å². The van der Waals surface area contributed by atoms with Crippen LogP contribution in [0.5, 0.6) is 0 Å². The molecule has 162 valence electrons. The summed E-state index contributed by atoms with van der Waals surface area (Å²) in [6, 6.07) is 17.2. The van der Waals surface area contributed by atoms with Gasteiger partial charge in [-0.1, -0.05) is 48.0 Å². The number of hydrogen-bond acceptors (Lipinski definition) is 3. The first kappa shape index (κ1) is 21.3. The summed E-state index contributed by atoms with van der Waals surface area (Å²) in [5, 5.41) is 4.58. The Balaban J connectivity index is 1.48. The van der Waals surface area contributed by atoms with Gasteiger partial charge in [0.15, 0.2) is 5.69 Å². The summed E-state index contributed by atoms with van der Waals surface area (Å²) in [4.78, 5) is 17.6. The Morgan fingerprint density at radius 1 is 0.935 bits per heavy atom. The normalized spacial score (nSPS) is 15.8. The number of carbonyl (C=O) groups excluding carboxylic acids is 1. The number of benzene rings is 2. The lowest BCUT2D eigenvalue weighted by atomic mass is 9.97. The second-order valence-corrected chi connectivity index (χ2v) is 8.73. The van der Waals surface area contributed by atoms with E-state index in [2.05, 4.69) is 74.1 Å². The maximum absolute atomic E-state index is 13.2. The van der Waals surface area contributed by atoms with E-state index in [-0.39, 0.29) is 5.91 Å². The van der Waals surface area contributed by atoms with Crippen LogP contribution in [0.25, 0.3) is 11.3 Å². The van der Waals surface area contributed by atoms with Crippen LogP contribution in [-0.2, 0) is 7.05 Å². The monoisotopic (exact) mass is 416 g/mol. The second kappa shape index (κ2) is 8.67. The van der Waals surface area contributed by atoms with E-state index < -0.39 is 0 Å². The zero-order valence-electron chi connectivity index (χ0n) is 19.2. The average molecular weight is 417 g/mol. The number of rotatable bonds is 4. The van der Waals surface area contributed by atoms with Crippen LogP contribution < -0.4 is 0 Å². The second-order valence-electron chi connectivity index (χ2n) is 8.73. The minimum Gasteiger partial charge on any atom is -0.335 e. The highest BCUT2D eigenvalue weighted by Crippen LogP contribution is 2.29. The quantitative estimate of drug-likeness (QED) is 0.627. The minimum absolute atomic E-state index is 0.0243. The summed E-state index contributed by atoms with van der Waals surface area (Å²) in [5.41, 5.74) is 7.68. The summed E-state index contributed by atoms with van der Waals surface area (Å²) in [5.74, 6) is 0.0243. The van der Waals surface area contributed by atoms with Crippen LogP contribution in [0, 0.1) is 20.8 Å².